The molecule has 0 unspecified atom stereocenters. The Kier molecular flexibility index (Phi) is 7.32. The van der Waals surface area contributed by atoms with Crippen molar-refractivity contribution in [2.75, 3.05) is 11.6 Å². The van der Waals surface area contributed by atoms with Crippen molar-refractivity contribution >= 4 is 29.7 Å². The molecule has 1 aromatic rings. The summed E-state index contributed by atoms with van der Waals surface area (Å²) in [5.74, 6) is -0.595. The molecular weight excluding hydrogens is 356 g/mol. The minimum absolute atomic E-state index is 0.104. The normalized spacial score (nSPS) is 17.8. The van der Waals surface area contributed by atoms with Crippen molar-refractivity contribution in [3.8, 4) is 0 Å². The third kappa shape index (κ3) is 5.66. The van der Waals surface area contributed by atoms with Crippen LogP contribution in [0.25, 0.3) is 0 Å². The fourth-order valence-corrected chi connectivity index (χ4v) is 3.82. The highest BCUT2D eigenvalue weighted by atomic mass is 32.2. The number of carboxylic acids is 1. The smallest absolute Gasteiger partial charge is 0.408 e. The van der Waals surface area contributed by atoms with E-state index >= 15 is 0 Å². The molecule has 8 heteroatoms. The minimum Gasteiger partial charge on any atom is -0.480 e. The van der Waals surface area contributed by atoms with Gasteiger partial charge in [0.2, 0.25) is 5.91 Å². The van der Waals surface area contributed by atoms with E-state index in [1.54, 1.807) is 0 Å². The third-order valence-electron chi connectivity index (χ3n) is 3.96. The molecule has 142 valence electrons. The van der Waals surface area contributed by atoms with Crippen molar-refractivity contribution in [3.63, 3.8) is 0 Å². The zero-order valence-corrected chi connectivity index (χ0v) is 15.7. The lowest BCUT2D eigenvalue weighted by molar-refractivity contribution is -0.148. The van der Waals surface area contributed by atoms with E-state index in [1.165, 1.54) is 16.7 Å². The van der Waals surface area contributed by atoms with E-state index in [0.29, 0.717) is 18.1 Å². The Balaban J connectivity index is 1.98. The number of hydrogen-bond donors (Lipinski definition) is 2. The van der Waals surface area contributed by atoms with Gasteiger partial charge < -0.3 is 20.1 Å². The molecule has 0 aromatic heterocycles. The zero-order valence-electron chi connectivity index (χ0n) is 14.9. The molecule has 2 N–H and O–H groups in total. The summed E-state index contributed by atoms with van der Waals surface area (Å²) >= 11 is 1.39. The molecule has 1 heterocycles. The largest absolute Gasteiger partial charge is 0.480 e. The van der Waals surface area contributed by atoms with Crippen molar-refractivity contribution in [1.82, 2.24) is 10.2 Å². The molecule has 2 amide bonds. The molecule has 1 aliphatic rings. The van der Waals surface area contributed by atoms with E-state index in [-0.39, 0.29) is 18.4 Å². The number of hydrogen-bond acceptors (Lipinski definition) is 5. The highest BCUT2D eigenvalue weighted by Gasteiger charge is 2.38. The summed E-state index contributed by atoms with van der Waals surface area (Å²) in [7, 11) is 0. The number of aliphatic carboxylic acids is 1. The van der Waals surface area contributed by atoms with Crippen LogP contribution in [0, 0.1) is 5.92 Å². The van der Waals surface area contributed by atoms with E-state index in [0.717, 1.165) is 5.56 Å². The number of carboxylic acid groups (broad SMARTS) is 1. The molecule has 0 bridgehead atoms. The molecule has 1 fully saturated rings. The van der Waals surface area contributed by atoms with Gasteiger partial charge in [0.15, 0.2) is 0 Å². The number of ether oxygens (including phenoxy) is 1. The van der Waals surface area contributed by atoms with Crippen LogP contribution in [-0.2, 0) is 20.9 Å². The molecule has 1 aromatic carbocycles. The molecule has 1 saturated heterocycles. The maximum absolute atomic E-state index is 12.8. The van der Waals surface area contributed by atoms with E-state index in [1.807, 2.05) is 44.2 Å². The highest BCUT2D eigenvalue weighted by Crippen LogP contribution is 2.23. The van der Waals surface area contributed by atoms with Crippen LogP contribution in [-0.4, -0.2) is 51.7 Å². The second kappa shape index (κ2) is 9.47. The predicted molar refractivity (Wildman–Crippen MR) is 98.6 cm³/mol. The fraction of sp³-hybridized carbons (Fsp3) is 0.500. The molecule has 0 radical (unpaired) electrons. The molecule has 0 aliphatic carbocycles. The first-order valence-corrected chi connectivity index (χ1v) is 9.62. The Morgan fingerprint density at radius 1 is 1.31 bits per heavy atom. The van der Waals surface area contributed by atoms with E-state index in [2.05, 4.69) is 5.32 Å². The first kappa shape index (κ1) is 20.1. The number of thioether (sulfide) groups is 1. The lowest BCUT2D eigenvalue weighted by atomic mass is 10.0. The second-order valence-corrected chi connectivity index (χ2v) is 7.55. The summed E-state index contributed by atoms with van der Waals surface area (Å²) in [4.78, 5) is 37.5. The number of carbonyl (C=O) groups excluding carboxylic acids is 2. The molecule has 2 atom stereocenters. The Hall–Kier alpha value is -2.22. The summed E-state index contributed by atoms with van der Waals surface area (Å²) in [6, 6.07) is 7.57. The molecule has 1 aliphatic heterocycles. The van der Waals surface area contributed by atoms with Crippen LogP contribution in [0.5, 0.6) is 0 Å². The van der Waals surface area contributed by atoms with Crippen molar-refractivity contribution < 1.29 is 24.2 Å². The van der Waals surface area contributed by atoms with Crippen LogP contribution in [0.4, 0.5) is 4.79 Å². The standard InChI is InChI=1S/C18H24N2O5S/c1-12(2)8-14(16(21)20-11-26-10-15(20)17(22)23)19-18(24)25-9-13-6-4-3-5-7-13/h3-7,12,14-15H,8-11H2,1-2H3,(H,19,24)(H,22,23)/t14-,15-/m0/s1. The van der Waals surface area contributed by atoms with Gasteiger partial charge in [-0.3, -0.25) is 4.79 Å². The van der Waals surface area contributed by atoms with E-state index in [4.69, 9.17) is 4.74 Å². The van der Waals surface area contributed by atoms with Crippen molar-refractivity contribution in [1.29, 1.82) is 0 Å². The summed E-state index contributed by atoms with van der Waals surface area (Å²) in [6.45, 7) is 3.97. The Morgan fingerprint density at radius 3 is 2.62 bits per heavy atom. The van der Waals surface area contributed by atoms with Gasteiger partial charge in [0.1, 0.15) is 18.7 Å². The summed E-state index contributed by atoms with van der Waals surface area (Å²) in [5, 5.41) is 11.9. The van der Waals surface area contributed by atoms with Gasteiger partial charge in [-0.25, -0.2) is 9.59 Å². The lowest BCUT2D eigenvalue weighted by Gasteiger charge is -2.27. The average molecular weight is 380 g/mol. The molecule has 26 heavy (non-hydrogen) atoms. The summed E-state index contributed by atoms with van der Waals surface area (Å²) in [6.07, 6.45) is -0.279. The quantitative estimate of drug-likeness (QED) is 0.754. The number of nitrogens with one attached hydrogen (secondary N) is 1. The SMILES string of the molecule is CC(C)C[C@H](NC(=O)OCc1ccccc1)C(=O)N1CSC[C@H]1C(=O)O. The van der Waals surface area contributed by atoms with E-state index < -0.39 is 24.1 Å². The Morgan fingerprint density at radius 2 is 2.00 bits per heavy atom. The van der Waals surface area contributed by atoms with Crippen LogP contribution in [0.2, 0.25) is 0 Å². The molecule has 0 saturated carbocycles. The maximum Gasteiger partial charge on any atom is 0.408 e. The van der Waals surface area contributed by atoms with Crippen molar-refractivity contribution in [2.45, 2.75) is 39.0 Å². The number of nitrogens with zero attached hydrogens (tertiary/aromatic N) is 1. The molecular formula is C18H24N2O5S. The number of alkyl carbamates (subject to hydrolysis) is 1. The van der Waals surface area contributed by atoms with Gasteiger partial charge in [-0.05, 0) is 17.9 Å². The van der Waals surface area contributed by atoms with Crippen LogP contribution >= 0.6 is 11.8 Å². The van der Waals surface area contributed by atoms with Crippen LogP contribution in [0.3, 0.4) is 0 Å². The number of amides is 2. The van der Waals surface area contributed by atoms with Gasteiger partial charge in [0.25, 0.3) is 0 Å². The number of rotatable bonds is 7. The lowest BCUT2D eigenvalue weighted by Crippen LogP contribution is -2.52. The monoisotopic (exact) mass is 380 g/mol. The Bertz CT molecular complexity index is 638. The van der Waals surface area contributed by atoms with Gasteiger partial charge in [-0.15, -0.1) is 11.8 Å². The second-order valence-electron chi connectivity index (χ2n) is 6.55. The topological polar surface area (TPSA) is 95.9 Å². The highest BCUT2D eigenvalue weighted by molar-refractivity contribution is 7.99. The van der Waals surface area contributed by atoms with Crippen molar-refractivity contribution in [3.05, 3.63) is 35.9 Å². The first-order chi connectivity index (χ1) is 12.4. The number of benzene rings is 1. The maximum atomic E-state index is 12.8. The summed E-state index contributed by atoms with van der Waals surface area (Å²) in [5.41, 5.74) is 0.844. The van der Waals surface area contributed by atoms with Gasteiger partial charge in [-0.1, -0.05) is 44.2 Å². The van der Waals surface area contributed by atoms with Gasteiger partial charge in [0.05, 0.1) is 5.88 Å². The predicted octanol–water partition coefficient (Wildman–Crippen LogP) is 2.31. The fourth-order valence-electron chi connectivity index (χ4n) is 2.66. The van der Waals surface area contributed by atoms with E-state index in [9.17, 15) is 19.5 Å². The van der Waals surface area contributed by atoms with Gasteiger partial charge >= 0.3 is 12.1 Å². The molecule has 0 spiro atoms. The minimum atomic E-state index is -1.03. The van der Waals surface area contributed by atoms with Crippen LogP contribution in [0.15, 0.2) is 30.3 Å². The average Bonchev–Trinajstić information content (AvgIpc) is 3.09. The first-order valence-electron chi connectivity index (χ1n) is 8.46. The zero-order chi connectivity index (χ0) is 19.1. The molecule has 2 rings (SSSR count). The van der Waals surface area contributed by atoms with Gasteiger partial charge in [0, 0.05) is 5.75 Å². The van der Waals surface area contributed by atoms with Crippen molar-refractivity contribution in [2.24, 2.45) is 5.92 Å². The Labute approximate surface area is 157 Å². The number of carbonyl (C=O) groups is 3. The third-order valence-corrected chi connectivity index (χ3v) is 4.97. The van der Waals surface area contributed by atoms with Crippen LogP contribution < -0.4 is 5.32 Å². The molecule has 7 nitrogen and oxygen atoms in total. The van der Waals surface area contributed by atoms with Gasteiger partial charge in [-0.2, -0.15) is 0 Å². The summed E-state index contributed by atoms with van der Waals surface area (Å²) < 4.78 is 5.18. The van der Waals surface area contributed by atoms with Crippen LogP contribution in [0.1, 0.15) is 25.8 Å².